The largest absolute Gasteiger partial charge is 0.333 e. The van der Waals surface area contributed by atoms with Crippen LogP contribution < -0.4 is 0 Å². The minimum absolute atomic E-state index is 0.154. The molecule has 0 bridgehead atoms. The van der Waals surface area contributed by atoms with Crippen molar-refractivity contribution in [3.8, 4) is 0 Å². The molecule has 0 aliphatic carbocycles. The first kappa shape index (κ1) is 12.6. The van der Waals surface area contributed by atoms with Gasteiger partial charge in [0, 0.05) is 35.5 Å². The number of hydrogen-bond acceptors (Lipinski definition) is 3. The number of nitrogens with zero attached hydrogens (tertiary/aromatic N) is 3. The van der Waals surface area contributed by atoms with Gasteiger partial charge in [0.15, 0.2) is 5.78 Å². The smallest absolute Gasteiger partial charge is 0.176 e. The normalized spacial score (nSPS) is 15.2. The van der Waals surface area contributed by atoms with E-state index in [-0.39, 0.29) is 5.78 Å². The van der Waals surface area contributed by atoms with Crippen LogP contribution in [0.15, 0.2) is 41.1 Å². The Labute approximate surface area is 120 Å². The van der Waals surface area contributed by atoms with E-state index in [1.165, 1.54) is 0 Å². The molecule has 0 N–H and O–H groups in total. The highest BCUT2D eigenvalue weighted by Gasteiger charge is 2.19. The molecule has 0 spiro atoms. The number of ketones is 1. The molecule has 0 amide bonds. The van der Waals surface area contributed by atoms with Crippen LogP contribution in [0.1, 0.15) is 16.2 Å². The summed E-state index contributed by atoms with van der Waals surface area (Å²) in [6, 6.07) is 7.54. The lowest BCUT2D eigenvalue weighted by atomic mass is 10.1. The molecule has 0 radical (unpaired) electrons. The minimum atomic E-state index is 0.154. The van der Waals surface area contributed by atoms with Crippen LogP contribution in [0.2, 0.25) is 0 Å². The Morgan fingerprint density at radius 3 is 3.11 bits per heavy atom. The molecule has 0 saturated carbocycles. The van der Waals surface area contributed by atoms with Gasteiger partial charge in [-0.2, -0.15) is 0 Å². The summed E-state index contributed by atoms with van der Waals surface area (Å²) in [5.41, 5.74) is 0.753. The van der Waals surface area contributed by atoms with Gasteiger partial charge in [-0.3, -0.25) is 9.69 Å². The molecule has 3 rings (SSSR count). The van der Waals surface area contributed by atoms with Gasteiger partial charge in [-0.15, -0.1) is 0 Å². The molecule has 0 atom stereocenters. The van der Waals surface area contributed by atoms with E-state index < -0.39 is 0 Å². The summed E-state index contributed by atoms with van der Waals surface area (Å²) >= 11 is 3.39. The third-order valence-electron chi connectivity index (χ3n) is 3.34. The molecule has 0 unspecified atom stereocenters. The van der Waals surface area contributed by atoms with Gasteiger partial charge in [0.05, 0.1) is 13.1 Å². The Morgan fingerprint density at radius 2 is 2.26 bits per heavy atom. The second-order valence-electron chi connectivity index (χ2n) is 4.68. The number of benzene rings is 1. The van der Waals surface area contributed by atoms with Crippen LogP contribution >= 0.6 is 15.9 Å². The average molecular weight is 320 g/mol. The van der Waals surface area contributed by atoms with Crippen LogP contribution in [0.25, 0.3) is 0 Å². The molecule has 2 aromatic rings. The van der Waals surface area contributed by atoms with E-state index in [1.54, 1.807) is 0 Å². The zero-order valence-electron chi connectivity index (χ0n) is 10.4. The number of imidazole rings is 1. The highest BCUT2D eigenvalue weighted by atomic mass is 79.9. The van der Waals surface area contributed by atoms with Gasteiger partial charge >= 0.3 is 0 Å². The molecule has 5 heteroatoms. The van der Waals surface area contributed by atoms with Crippen molar-refractivity contribution in [3.05, 3.63) is 52.5 Å². The van der Waals surface area contributed by atoms with Crippen LogP contribution in [0.3, 0.4) is 0 Å². The number of carbonyl (C=O) groups excluding carboxylic acids is 1. The average Bonchev–Trinajstić information content (AvgIpc) is 2.86. The van der Waals surface area contributed by atoms with Crippen molar-refractivity contribution < 1.29 is 4.79 Å². The van der Waals surface area contributed by atoms with Crippen molar-refractivity contribution in [1.82, 2.24) is 14.5 Å². The topological polar surface area (TPSA) is 38.1 Å². The van der Waals surface area contributed by atoms with Crippen molar-refractivity contribution in [2.45, 2.75) is 13.1 Å². The number of Topliss-reactive ketones (excluding diaryl/α,β-unsaturated/α-hetero) is 1. The molecule has 1 aliphatic rings. The lowest BCUT2D eigenvalue weighted by molar-refractivity contribution is 0.0908. The number of hydrogen-bond donors (Lipinski definition) is 0. The second-order valence-corrected chi connectivity index (χ2v) is 5.60. The molecule has 4 nitrogen and oxygen atoms in total. The van der Waals surface area contributed by atoms with Crippen molar-refractivity contribution >= 4 is 21.7 Å². The Balaban J connectivity index is 1.68. The van der Waals surface area contributed by atoms with Crippen molar-refractivity contribution in [2.24, 2.45) is 0 Å². The highest BCUT2D eigenvalue weighted by molar-refractivity contribution is 9.10. The summed E-state index contributed by atoms with van der Waals surface area (Å²) in [4.78, 5) is 18.7. The fourth-order valence-electron chi connectivity index (χ4n) is 2.31. The quantitative estimate of drug-likeness (QED) is 0.815. The van der Waals surface area contributed by atoms with Crippen LogP contribution in [0.5, 0.6) is 0 Å². The molecular weight excluding hydrogens is 306 g/mol. The molecule has 2 heterocycles. The van der Waals surface area contributed by atoms with Crippen LogP contribution in [0.4, 0.5) is 0 Å². The Bertz CT molecular complexity index is 608. The van der Waals surface area contributed by atoms with Crippen molar-refractivity contribution in [3.63, 3.8) is 0 Å². The molecular formula is C14H14BrN3O. The first-order valence-electron chi connectivity index (χ1n) is 6.23. The number of rotatable bonds is 3. The van der Waals surface area contributed by atoms with E-state index in [2.05, 4.69) is 30.4 Å². The van der Waals surface area contributed by atoms with E-state index in [0.29, 0.717) is 6.54 Å². The van der Waals surface area contributed by atoms with Gasteiger partial charge < -0.3 is 4.57 Å². The third kappa shape index (κ3) is 2.77. The van der Waals surface area contributed by atoms with Crippen molar-refractivity contribution in [1.29, 1.82) is 0 Å². The van der Waals surface area contributed by atoms with E-state index in [9.17, 15) is 4.79 Å². The van der Waals surface area contributed by atoms with Gasteiger partial charge in [0.25, 0.3) is 0 Å². The van der Waals surface area contributed by atoms with Crippen molar-refractivity contribution in [2.75, 3.05) is 13.1 Å². The monoisotopic (exact) mass is 319 g/mol. The van der Waals surface area contributed by atoms with Gasteiger partial charge in [0.2, 0.25) is 0 Å². The number of aromatic nitrogens is 2. The molecule has 0 saturated heterocycles. The Kier molecular flexibility index (Phi) is 3.48. The fraction of sp³-hybridized carbons (Fsp3) is 0.286. The molecule has 0 fully saturated rings. The van der Waals surface area contributed by atoms with Crippen LogP contribution in [-0.2, 0) is 13.1 Å². The minimum Gasteiger partial charge on any atom is -0.333 e. The summed E-state index contributed by atoms with van der Waals surface area (Å²) in [6.45, 7) is 2.99. The predicted molar refractivity (Wildman–Crippen MR) is 76.0 cm³/mol. The summed E-state index contributed by atoms with van der Waals surface area (Å²) in [5, 5.41) is 0. The molecule has 1 aromatic heterocycles. The number of carbonyl (C=O) groups is 1. The van der Waals surface area contributed by atoms with E-state index >= 15 is 0 Å². The summed E-state index contributed by atoms with van der Waals surface area (Å²) < 4.78 is 3.08. The number of fused-ring (bicyclic) bond motifs is 1. The van der Waals surface area contributed by atoms with Gasteiger partial charge in [0.1, 0.15) is 5.82 Å². The first-order chi connectivity index (χ1) is 9.22. The number of halogens is 1. The SMILES string of the molecule is O=C(CN1CCn2ccnc2C1)c1cccc(Br)c1. The zero-order valence-corrected chi connectivity index (χ0v) is 12.0. The molecule has 1 aromatic carbocycles. The lowest BCUT2D eigenvalue weighted by Crippen LogP contribution is -2.37. The summed E-state index contributed by atoms with van der Waals surface area (Å²) in [7, 11) is 0. The predicted octanol–water partition coefficient (Wildman–Crippen LogP) is 2.34. The third-order valence-corrected chi connectivity index (χ3v) is 3.83. The van der Waals surface area contributed by atoms with E-state index in [0.717, 1.165) is 35.5 Å². The second kappa shape index (κ2) is 5.27. The fourth-order valence-corrected chi connectivity index (χ4v) is 2.71. The maximum absolute atomic E-state index is 12.2. The molecule has 98 valence electrons. The standard InChI is InChI=1S/C14H14BrN3O/c15-12-3-1-2-11(8-12)13(19)9-17-6-7-18-5-4-16-14(18)10-17/h1-5,8H,6-7,9-10H2. The maximum atomic E-state index is 12.2. The van der Waals surface area contributed by atoms with Gasteiger partial charge in [-0.05, 0) is 12.1 Å². The Morgan fingerprint density at radius 1 is 1.37 bits per heavy atom. The van der Waals surface area contributed by atoms with E-state index in [4.69, 9.17) is 0 Å². The highest BCUT2D eigenvalue weighted by Crippen LogP contribution is 2.14. The zero-order chi connectivity index (χ0) is 13.2. The van der Waals surface area contributed by atoms with Crippen LogP contribution in [-0.4, -0.2) is 33.3 Å². The molecule has 1 aliphatic heterocycles. The maximum Gasteiger partial charge on any atom is 0.176 e. The van der Waals surface area contributed by atoms with Gasteiger partial charge in [-0.1, -0.05) is 28.1 Å². The van der Waals surface area contributed by atoms with E-state index in [1.807, 2.05) is 36.7 Å². The Hall–Kier alpha value is -1.46. The van der Waals surface area contributed by atoms with Crippen LogP contribution in [0, 0.1) is 0 Å². The lowest BCUT2D eigenvalue weighted by Gasteiger charge is -2.26. The summed E-state index contributed by atoms with van der Waals surface area (Å²) in [6.07, 6.45) is 3.80. The first-order valence-corrected chi connectivity index (χ1v) is 7.03. The summed E-state index contributed by atoms with van der Waals surface area (Å²) in [5.74, 6) is 1.19. The molecule has 19 heavy (non-hydrogen) atoms. The van der Waals surface area contributed by atoms with Gasteiger partial charge in [-0.25, -0.2) is 4.98 Å².